The Morgan fingerprint density at radius 1 is 1.14 bits per heavy atom. The fourth-order valence-electron chi connectivity index (χ4n) is 4.57. The molecule has 0 aliphatic carbocycles. The molecule has 0 radical (unpaired) electrons. The van der Waals surface area contributed by atoms with Crippen LogP contribution in [0.15, 0.2) is 48.5 Å². The van der Waals surface area contributed by atoms with Crippen molar-refractivity contribution in [3.8, 4) is 5.75 Å². The summed E-state index contributed by atoms with van der Waals surface area (Å²) in [7, 11) is 1.69. The quantitative estimate of drug-likeness (QED) is 0.628. The number of aromatic amines is 1. The van der Waals surface area contributed by atoms with Crippen LogP contribution in [0.4, 0.5) is 0 Å². The minimum absolute atomic E-state index is 0.298. The van der Waals surface area contributed by atoms with E-state index in [1.165, 1.54) is 22.2 Å². The molecule has 4 heteroatoms. The number of H-pyrrole nitrogens is 1. The Kier molecular flexibility index (Phi) is 5.89. The molecule has 1 fully saturated rings. The smallest absolute Gasteiger partial charge is 0.222 e. The van der Waals surface area contributed by atoms with Crippen LogP contribution in [0.5, 0.6) is 5.75 Å². The van der Waals surface area contributed by atoms with E-state index in [1.54, 1.807) is 7.11 Å². The van der Waals surface area contributed by atoms with Crippen molar-refractivity contribution in [1.29, 1.82) is 0 Å². The first kappa shape index (κ1) is 19.6. The van der Waals surface area contributed by atoms with E-state index in [2.05, 4.69) is 59.3 Å². The molecule has 4 rings (SSSR count). The van der Waals surface area contributed by atoms with Gasteiger partial charge in [0.05, 0.1) is 7.11 Å². The maximum atomic E-state index is 12.7. The largest absolute Gasteiger partial charge is 0.497 e. The third-order valence-corrected chi connectivity index (χ3v) is 6.26. The Balaban J connectivity index is 1.31. The first-order valence-corrected chi connectivity index (χ1v) is 10.6. The third kappa shape index (κ3) is 4.31. The van der Waals surface area contributed by atoms with E-state index >= 15 is 0 Å². The van der Waals surface area contributed by atoms with Crippen LogP contribution in [0.25, 0.3) is 10.9 Å². The SMILES string of the molecule is COc1ccc2[nH]c(C)c(CCCC(=O)N3CCC(c4ccccc4)CC3)c2c1. The van der Waals surface area contributed by atoms with Crippen molar-refractivity contribution in [2.75, 3.05) is 20.2 Å². The standard InChI is InChI=1S/C25H30N2O2/c1-18-22(23-17-21(29-2)11-12-24(23)26-18)9-6-10-25(28)27-15-13-20(14-16-27)19-7-4-3-5-8-19/h3-5,7-8,11-12,17,20,26H,6,9-10,13-16H2,1-2H3. The van der Waals surface area contributed by atoms with Crippen molar-refractivity contribution in [2.45, 2.75) is 44.9 Å². The fourth-order valence-corrected chi connectivity index (χ4v) is 4.57. The summed E-state index contributed by atoms with van der Waals surface area (Å²) in [5.74, 6) is 1.76. The predicted molar refractivity (Wildman–Crippen MR) is 118 cm³/mol. The van der Waals surface area contributed by atoms with E-state index in [4.69, 9.17) is 4.74 Å². The van der Waals surface area contributed by atoms with Crippen molar-refractivity contribution in [2.24, 2.45) is 0 Å². The Morgan fingerprint density at radius 2 is 1.90 bits per heavy atom. The Hall–Kier alpha value is -2.75. The molecule has 1 aliphatic rings. The first-order valence-electron chi connectivity index (χ1n) is 10.6. The van der Waals surface area contributed by atoms with E-state index in [9.17, 15) is 4.79 Å². The maximum absolute atomic E-state index is 12.7. The second-order valence-corrected chi connectivity index (χ2v) is 8.06. The average molecular weight is 391 g/mol. The zero-order valence-electron chi connectivity index (χ0n) is 17.4. The van der Waals surface area contributed by atoms with Gasteiger partial charge >= 0.3 is 0 Å². The number of nitrogens with one attached hydrogen (secondary N) is 1. The van der Waals surface area contributed by atoms with E-state index < -0.39 is 0 Å². The lowest BCUT2D eigenvalue weighted by Crippen LogP contribution is -2.37. The molecule has 3 aromatic rings. The number of rotatable bonds is 6. The number of hydrogen-bond donors (Lipinski definition) is 1. The minimum Gasteiger partial charge on any atom is -0.497 e. The molecule has 152 valence electrons. The fraction of sp³-hybridized carbons (Fsp3) is 0.400. The summed E-state index contributed by atoms with van der Waals surface area (Å²) >= 11 is 0. The van der Waals surface area contributed by atoms with Gasteiger partial charge in [0, 0.05) is 36.1 Å². The molecule has 1 N–H and O–H groups in total. The summed E-state index contributed by atoms with van der Waals surface area (Å²) in [6, 6.07) is 16.8. The maximum Gasteiger partial charge on any atom is 0.222 e. The van der Waals surface area contributed by atoms with Crippen LogP contribution >= 0.6 is 0 Å². The summed E-state index contributed by atoms with van der Waals surface area (Å²) < 4.78 is 5.37. The topological polar surface area (TPSA) is 45.3 Å². The van der Waals surface area contributed by atoms with Gasteiger partial charge in [-0.25, -0.2) is 0 Å². The number of nitrogens with zero attached hydrogens (tertiary/aromatic N) is 1. The highest BCUT2D eigenvalue weighted by Crippen LogP contribution is 2.29. The van der Waals surface area contributed by atoms with Gasteiger partial charge in [-0.3, -0.25) is 4.79 Å². The van der Waals surface area contributed by atoms with E-state index in [-0.39, 0.29) is 0 Å². The molecule has 2 heterocycles. The van der Waals surface area contributed by atoms with Crippen molar-refractivity contribution in [1.82, 2.24) is 9.88 Å². The minimum atomic E-state index is 0.298. The lowest BCUT2D eigenvalue weighted by atomic mass is 9.89. The number of aryl methyl sites for hydroxylation is 2. The number of benzene rings is 2. The van der Waals surface area contributed by atoms with Crippen molar-refractivity contribution in [3.05, 3.63) is 65.4 Å². The molecule has 0 atom stereocenters. The molecule has 2 aromatic carbocycles. The van der Waals surface area contributed by atoms with Crippen LogP contribution in [0, 0.1) is 6.92 Å². The molecule has 0 spiro atoms. The van der Waals surface area contributed by atoms with Gasteiger partial charge < -0.3 is 14.6 Å². The number of likely N-dealkylation sites (tertiary alicyclic amines) is 1. The molecule has 4 nitrogen and oxygen atoms in total. The van der Waals surface area contributed by atoms with Crippen LogP contribution in [-0.2, 0) is 11.2 Å². The van der Waals surface area contributed by atoms with E-state index in [0.717, 1.165) is 50.0 Å². The number of aromatic nitrogens is 1. The number of ether oxygens (including phenoxy) is 1. The monoisotopic (exact) mass is 390 g/mol. The summed E-state index contributed by atoms with van der Waals surface area (Å²) in [6.45, 7) is 3.86. The van der Waals surface area contributed by atoms with Crippen LogP contribution in [-0.4, -0.2) is 36.0 Å². The highest BCUT2D eigenvalue weighted by Gasteiger charge is 2.23. The Morgan fingerprint density at radius 3 is 2.62 bits per heavy atom. The number of carbonyl (C=O) groups excluding carboxylic acids is 1. The van der Waals surface area contributed by atoms with Gasteiger partial charge in [0.25, 0.3) is 0 Å². The Labute approximate surface area is 172 Å². The van der Waals surface area contributed by atoms with Gasteiger partial charge in [0.1, 0.15) is 5.75 Å². The molecule has 1 aromatic heterocycles. The number of amides is 1. The van der Waals surface area contributed by atoms with Crippen LogP contribution < -0.4 is 4.74 Å². The molecule has 1 amide bonds. The van der Waals surface area contributed by atoms with Gasteiger partial charge in [0.15, 0.2) is 0 Å². The molecule has 0 bridgehead atoms. The molecule has 29 heavy (non-hydrogen) atoms. The second kappa shape index (κ2) is 8.73. The van der Waals surface area contributed by atoms with Crippen molar-refractivity contribution >= 4 is 16.8 Å². The lowest BCUT2D eigenvalue weighted by molar-refractivity contribution is -0.132. The number of piperidine rings is 1. The first-order chi connectivity index (χ1) is 14.2. The molecular weight excluding hydrogens is 360 g/mol. The normalized spacial score (nSPS) is 15.0. The highest BCUT2D eigenvalue weighted by molar-refractivity contribution is 5.86. The molecular formula is C25H30N2O2. The third-order valence-electron chi connectivity index (χ3n) is 6.26. The van der Waals surface area contributed by atoms with E-state index in [0.29, 0.717) is 18.2 Å². The van der Waals surface area contributed by atoms with Gasteiger partial charge in [0.2, 0.25) is 5.91 Å². The van der Waals surface area contributed by atoms with E-state index in [1.807, 2.05) is 6.07 Å². The van der Waals surface area contributed by atoms with Gasteiger partial charge in [-0.1, -0.05) is 30.3 Å². The zero-order valence-corrected chi connectivity index (χ0v) is 17.4. The zero-order chi connectivity index (χ0) is 20.2. The molecule has 1 saturated heterocycles. The second-order valence-electron chi connectivity index (χ2n) is 8.06. The number of fused-ring (bicyclic) bond motifs is 1. The van der Waals surface area contributed by atoms with Crippen molar-refractivity contribution < 1.29 is 9.53 Å². The molecule has 1 aliphatic heterocycles. The average Bonchev–Trinajstić information content (AvgIpc) is 3.08. The molecule has 0 unspecified atom stereocenters. The highest BCUT2D eigenvalue weighted by atomic mass is 16.5. The summed E-state index contributed by atoms with van der Waals surface area (Å²) in [5.41, 5.74) is 5.02. The van der Waals surface area contributed by atoms with Gasteiger partial charge in [-0.2, -0.15) is 0 Å². The number of carbonyl (C=O) groups is 1. The number of hydrogen-bond acceptors (Lipinski definition) is 2. The Bertz CT molecular complexity index is 969. The summed E-state index contributed by atoms with van der Waals surface area (Å²) in [6.07, 6.45) is 4.54. The van der Waals surface area contributed by atoms with Gasteiger partial charge in [-0.15, -0.1) is 0 Å². The van der Waals surface area contributed by atoms with Gasteiger partial charge in [-0.05, 0) is 67.9 Å². The molecule has 0 saturated carbocycles. The number of methoxy groups -OCH3 is 1. The van der Waals surface area contributed by atoms with Crippen LogP contribution in [0.3, 0.4) is 0 Å². The predicted octanol–water partition coefficient (Wildman–Crippen LogP) is 5.21. The summed E-state index contributed by atoms with van der Waals surface area (Å²) in [5, 5.41) is 1.21. The van der Waals surface area contributed by atoms with Crippen LogP contribution in [0.2, 0.25) is 0 Å². The lowest BCUT2D eigenvalue weighted by Gasteiger charge is -2.32. The van der Waals surface area contributed by atoms with Crippen LogP contribution in [0.1, 0.15) is 48.4 Å². The summed E-state index contributed by atoms with van der Waals surface area (Å²) in [4.78, 5) is 18.2. The van der Waals surface area contributed by atoms with Crippen molar-refractivity contribution in [3.63, 3.8) is 0 Å².